The number of aliphatic carboxylic acids is 1. The Labute approximate surface area is 85.5 Å². The quantitative estimate of drug-likeness (QED) is 0.741. The molecule has 0 fully saturated rings. The molecule has 13 heavy (non-hydrogen) atoms. The number of H-pyrrole nitrogens is 1. The van der Waals surface area contributed by atoms with Crippen molar-refractivity contribution in [1.82, 2.24) is 10.2 Å². The highest BCUT2D eigenvalue weighted by atomic mass is 79.9. The summed E-state index contributed by atoms with van der Waals surface area (Å²) in [5.41, 5.74) is -0.583. The third-order valence-corrected chi connectivity index (χ3v) is 1.54. The predicted molar refractivity (Wildman–Crippen MR) is 53.4 cm³/mol. The molecule has 0 bridgehead atoms. The molecule has 74 valence electrons. The number of hydrogen-bond acceptors (Lipinski definition) is 2. The SMILES string of the molecule is Brc1cn[nH]c1.CC(C)(C)C(=O)O. The van der Waals surface area contributed by atoms with Crippen molar-refractivity contribution < 1.29 is 9.90 Å². The molecule has 0 atom stereocenters. The molecule has 1 aromatic heterocycles. The molecular formula is C8H13BrN2O2. The zero-order valence-electron chi connectivity index (χ0n) is 7.84. The maximum atomic E-state index is 10.0. The van der Waals surface area contributed by atoms with Gasteiger partial charge in [-0.2, -0.15) is 5.10 Å². The number of rotatable bonds is 0. The van der Waals surface area contributed by atoms with Gasteiger partial charge in [0.05, 0.1) is 16.1 Å². The molecule has 0 saturated heterocycles. The van der Waals surface area contributed by atoms with Crippen molar-refractivity contribution in [1.29, 1.82) is 0 Å². The Morgan fingerprint density at radius 3 is 2.15 bits per heavy atom. The number of nitrogens with one attached hydrogen (secondary N) is 1. The molecule has 0 saturated carbocycles. The average molecular weight is 249 g/mol. The van der Waals surface area contributed by atoms with Gasteiger partial charge >= 0.3 is 5.97 Å². The predicted octanol–water partition coefficient (Wildman–Crippen LogP) is 2.29. The summed E-state index contributed by atoms with van der Waals surface area (Å²) in [6.07, 6.45) is 3.46. The van der Waals surface area contributed by atoms with E-state index in [0.717, 1.165) is 4.47 Å². The van der Waals surface area contributed by atoms with Crippen molar-refractivity contribution in [2.45, 2.75) is 20.8 Å². The Morgan fingerprint density at radius 1 is 1.62 bits per heavy atom. The van der Waals surface area contributed by atoms with Gasteiger partial charge in [-0.15, -0.1) is 0 Å². The van der Waals surface area contributed by atoms with Crippen molar-refractivity contribution >= 4 is 21.9 Å². The fourth-order valence-electron chi connectivity index (χ4n) is 0.235. The van der Waals surface area contributed by atoms with Crippen molar-refractivity contribution in [2.75, 3.05) is 0 Å². The molecule has 0 aliphatic rings. The summed E-state index contributed by atoms with van der Waals surface area (Å²) < 4.78 is 0.988. The van der Waals surface area contributed by atoms with Crippen LogP contribution in [0.15, 0.2) is 16.9 Å². The maximum Gasteiger partial charge on any atom is 0.308 e. The highest BCUT2D eigenvalue weighted by Crippen LogP contribution is 2.11. The normalized spacial score (nSPS) is 10.2. The minimum absolute atomic E-state index is 0.583. The lowest BCUT2D eigenvalue weighted by atomic mass is 9.98. The van der Waals surface area contributed by atoms with Crippen LogP contribution in [0.5, 0.6) is 0 Å². The number of hydrogen-bond donors (Lipinski definition) is 2. The highest BCUT2D eigenvalue weighted by molar-refractivity contribution is 9.10. The fourth-order valence-corrected chi connectivity index (χ4v) is 0.440. The molecule has 0 spiro atoms. The molecule has 1 aromatic rings. The van der Waals surface area contributed by atoms with Gasteiger partial charge in [0, 0.05) is 6.20 Å². The second kappa shape index (κ2) is 5.01. The molecule has 4 nitrogen and oxygen atoms in total. The van der Waals surface area contributed by atoms with Crippen LogP contribution in [-0.2, 0) is 4.79 Å². The molecule has 2 N–H and O–H groups in total. The van der Waals surface area contributed by atoms with Crippen LogP contribution >= 0.6 is 15.9 Å². The first kappa shape index (κ1) is 12.2. The van der Waals surface area contributed by atoms with Gasteiger partial charge in [0.25, 0.3) is 0 Å². The number of aromatic amines is 1. The van der Waals surface area contributed by atoms with Crippen LogP contribution in [0.25, 0.3) is 0 Å². The second-order valence-corrected chi connectivity index (χ2v) is 4.39. The molecule has 0 aliphatic carbocycles. The smallest absolute Gasteiger partial charge is 0.308 e. The summed E-state index contributed by atoms with van der Waals surface area (Å²) in [5, 5.41) is 14.5. The van der Waals surface area contributed by atoms with Crippen molar-refractivity contribution in [3.63, 3.8) is 0 Å². The summed E-state index contributed by atoms with van der Waals surface area (Å²) >= 11 is 3.19. The van der Waals surface area contributed by atoms with E-state index in [0.29, 0.717) is 0 Å². The maximum absolute atomic E-state index is 10.0. The van der Waals surface area contributed by atoms with Crippen LogP contribution in [0.2, 0.25) is 0 Å². The monoisotopic (exact) mass is 248 g/mol. The summed E-state index contributed by atoms with van der Waals surface area (Å²) in [6, 6.07) is 0. The molecule has 0 unspecified atom stereocenters. The topological polar surface area (TPSA) is 66.0 Å². The molecule has 1 rings (SSSR count). The lowest BCUT2D eigenvalue weighted by Crippen LogP contribution is -2.18. The third kappa shape index (κ3) is 6.33. The van der Waals surface area contributed by atoms with E-state index in [1.165, 1.54) is 0 Å². The van der Waals surface area contributed by atoms with Gasteiger partial charge in [-0.1, -0.05) is 0 Å². The molecule has 0 aliphatic heterocycles. The lowest BCUT2D eigenvalue weighted by molar-refractivity contribution is -0.145. The van der Waals surface area contributed by atoms with E-state index in [-0.39, 0.29) is 0 Å². The summed E-state index contributed by atoms with van der Waals surface area (Å²) in [7, 11) is 0. The molecule has 1 heterocycles. The number of nitrogens with zero attached hydrogens (tertiary/aromatic N) is 1. The zero-order chi connectivity index (χ0) is 10.5. The first-order valence-corrected chi connectivity index (χ1v) is 4.51. The van der Waals surface area contributed by atoms with Crippen LogP contribution in [0.3, 0.4) is 0 Å². The second-order valence-electron chi connectivity index (χ2n) is 3.47. The van der Waals surface area contributed by atoms with E-state index in [9.17, 15) is 4.79 Å². The lowest BCUT2D eigenvalue weighted by Gasteiger charge is -2.08. The van der Waals surface area contributed by atoms with E-state index in [2.05, 4.69) is 26.1 Å². The largest absolute Gasteiger partial charge is 0.481 e. The minimum atomic E-state index is -0.757. The van der Waals surface area contributed by atoms with E-state index >= 15 is 0 Å². The molecule has 5 heteroatoms. The minimum Gasteiger partial charge on any atom is -0.481 e. The molecule has 0 aromatic carbocycles. The van der Waals surface area contributed by atoms with Crippen molar-refractivity contribution in [3.05, 3.63) is 16.9 Å². The Bertz CT molecular complexity index is 252. The first-order chi connectivity index (χ1) is 5.84. The van der Waals surface area contributed by atoms with Gasteiger partial charge in [0.2, 0.25) is 0 Å². The third-order valence-electron chi connectivity index (χ3n) is 1.11. The van der Waals surface area contributed by atoms with Gasteiger partial charge in [0.15, 0.2) is 0 Å². The summed E-state index contributed by atoms with van der Waals surface area (Å²) in [5.74, 6) is -0.757. The average Bonchev–Trinajstić information content (AvgIpc) is 2.38. The van der Waals surface area contributed by atoms with Gasteiger partial charge in [-0.25, -0.2) is 0 Å². The van der Waals surface area contributed by atoms with Crippen molar-refractivity contribution in [2.24, 2.45) is 5.41 Å². The Morgan fingerprint density at radius 2 is 2.08 bits per heavy atom. The highest BCUT2D eigenvalue weighted by Gasteiger charge is 2.18. The van der Waals surface area contributed by atoms with Crippen LogP contribution in [0, 0.1) is 5.41 Å². The number of halogens is 1. The van der Waals surface area contributed by atoms with E-state index in [1.807, 2.05) is 0 Å². The van der Waals surface area contributed by atoms with Gasteiger partial charge < -0.3 is 5.11 Å². The number of carboxylic acid groups (broad SMARTS) is 1. The van der Waals surface area contributed by atoms with Gasteiger partial charge in [-0.05, 0) is 36.7 Å². The zero-order valence-corrected chi connectivity index (χ0v) is 9.42. The number of aromatic nitrogens is 2. The molecule has 0 radical (unpaired) electrons. The first-order valence-electron chi connectivity index (χ1n) is 3.71. The van der Waals surface area contributed by atoms with Crippen LogP contribution in [0.4, 0.5) is 0 Å². The molecule has 0 amide bonds. The van der Waals surface area contributed by atoms with Gasteiger partial charge in [0.1, 0.15) is 0 Å². The van der Waals surface area contributed by atoms with E-state index < -0.39 is 11.4 Å². The Kier molecular flexibility index (Phi) is 4.69. The number of carboxylic acids is 1. The summed E-state index contributed by atoms with van der Waals surface area (Å²) in [6.45, 7) is 4.99. The Balaban J connectivity index is 0.000000223. The van der Waals surface area contributed by atoms with E-state index in [4.69, 9.17) is 5.11 Å². The molecular weight excluding hydrogens is 236 g/mol. The summed E-state index contributed by atoms with van der Waals surface area (Å²) in [4.78, 5) is 10.0. The van der Waals surface area contributed by atoms with Crippen LogP contribution < -0.4 is 0 Å². The van der Waals surface area contributed by atoms with Crippen LogP contribution in [-0.4, -0.2) is 21.3 Å². The van der Waals surface area contributed by atoms with Crippen LogP contribution in [0.1, 0.15) is 20.8 Å². The van der Waals surface area contributed by atoms with Crippen molar-refractivity contribution in [3.8, 4) is 0 Å². The van der Waals surface area contributed by atoms with E-state index in [1.54, 1.807) is 33.2 Å². The van der Waals surface area contributed by atoms with Gasteiger partial charge in [-0.3, -0.25) is 9.89 Å². The standard InChI is InChI=1S/C5H10O2.C3H3BrN2/c1-5(2,3)4(6)7;4-3-1-5-6-2-3/h1-3H3,(H,6,7);1-2H,(H,5,6). The Hall–Kier alpha value is -0.840. The fraction of sp³-hybridized carbons (Fsp3) is 0.500. The number of carbonyl (C=O) groups is 1.